The SMILES string of the molecule is COCOc1ccccc1C#N. The van der Waals surface area contributed by atoms with E-state index in [0.29, 0.717) is 11.3 Å². The van der Waals surface area contributed by atoms with E-state index in [4.69, 9.17) is 14.7 Å². The van der Waals surface area contributed by atoms with Gasteiger partial charge in [-0.2, -0.15) is 5.26 Å². The van der Waals surface area contributed by atoms with Crippen molar-refractivity contribution < 1.29 is 9.47 Å². The second-order valence-electron chi connectivity index (χ2n) is 2.16. The zero-order valence-electron chi connectivity index (χ0n) is 6.78. The van der Waals surface area contributed by atoms with Crippen molar-refractivity contribution in [1.29, 1.82) is 5.26 Å². The number of hydrogen-bond acceptors (Lipinski definition) is 3. The van der Waals surface area contributed by atoms with Crippen LogP contribution in [0.15, 0.2) is 24.3 Å². The molecule has 0 amide bonds. The highest BCUT2D eigenvalue weighted by Crippen LogP contribution is 2.15. The fraction of sp³-hybridized carbons (Fsp3) is 0.222. The Labute approximate surface area is 71.1 Å². The lowest BCUT2D eigenvalue weighted by molar-refractivity contribution is 0.0509. The fourth-order valence-corrected chi connectivity index (χ4v) is 0.807. The normalized spacial score (nSPS) is 9.00. The molecule has 12 heavy (non-hydrogen) atoms. The zero-order chi connectivity index (χ0) is 8.81. The molecule has 1 aromatic carbocycles. The highest BCUT2D eigenvalue weighted by molar-refractivity contribution is 5.42. The summed E-state index contributed by atoms with van der Waals surface area (Å²) in [6, 6.07) is 9.06. The molecule has 62 valence electrons. The summed E-state index contributed by atoms with van der Waals surface area (Å²) in [5, 5.41) is 8.65. The van der Waals surface area contributed by atoms with Crippen molar-refractivity contribution in [3.8, 4) is 11.8 Å². The van der Waals surface area contributed by atoms with Gasteiger partial charge < -0.3 is 9.47 Å². The van der Waals surface area contributed by atoms with Crippen LogP contribution in [-0.4, -0.2) is 13.9 Å². The highest BCUT2D eigenvalue weighted by Gasteiger charge is 1.99. The van der Waals surface area contributed by atoms with Gasteiger partial charge >= 0.3 is 0 Å². The summed E-state index contributed by atoms with van der Waals surface area (Å²) in [6.07, 6.45) is 0. The second-order valence-corrected chi connectivity index (χ2v) is 2.16. The third-order valence-electron chi connectivity index (χ3n) is 1.34. The van der Waals surface area contributed by atoms with Crippen LogP contribution in [0.4, 0.5) is 0 Å². The van der Waals surface area contributed by atoms with Gasteiger partial charge in [-0.25, -0.2) is 0 Å². The number of nitriles is 1. The van der Waals surface area contributed by atoms with Gasteiger partial charge in [0.15, 0.2) is 6.79 Å². The molecule has 0 saturated heterocycles. The summed E-state index contributed by atoms with van der Waals surface area (Å²) in [7, 11) is 1.54. The molecule has 0 aromatic heterocycles. The Morgan fingerprint density at radius 1 is 1.42 bits per heavy atom. The average molecular weight is 163 g/mol. The first kappa shape index (κ1) is 8.57. The largest absolute Gasteiger partial charge is 0.466 e. The summed E-state index contributed by atoms with van der Waals surface area (Å²) in [6.45, 7) is 0.165. The van der Waals surface area contributed by atoms with E-state index in [0.717, 1.165) is 0 Å². The summed E-state index contributed by atoms with van der Waals surface area (Å²) in [5.41, 5.74) is 0.523. The molecule has 1 rings (SSSR count). The molecule has 0 heterocycles. The highest BCUT2D eigenvalue weighted by atomic mass is 16.7. The van der Waals surface area contributed by atoms with Crippen LogP contribution in [-0.2, 0) is 4.74 Å². The van der Waals surface area contributed by atoms with E-state index in [1.807, 2.05) is 12.1 Å². The first-order chi connectivity index (χ1) is 5.88. The van der Waals surface area contributed by atoms with Gasteiger partial charge in [0.05, 0.1) is 5.56 Å². The molecule has 0 saturated carbocycles. The van der Waals surface area contributed by atoms with Crippen molar-refractivity contribution in [3.63, 3.8) is 0 Å². The molecular formula is C9H9NO2. The van der Waals surface area contributed by atoms with E-state index in [2.05, 4.69) is 0 Å². The van der Waals surface area contributed by atoms with Gasteiger partial charge in [0, 0.05) is 7.11 Å². The van der Waals surface area contributed by atoms with E-state index >= 15 is 0 Å². The topological polar surface area (TPSA) is 42.2 Å². The Hall–Kier alpha value is -1.53. The standard InChI is InChI=1S/C9H9NO2/c1-11-7-12-9-5-3-2-4-8(9)6-10/h2-5H,7H2,1H3. The molecule has 0 N–H and O–H groups in total. The Balaban J connectivity index is 2.77. The van der Waals surface area contributed by atoms with Crippen molar-refractivity contribution in [2.75, 3.05) is 13.9 Å². The summed E-state index contributed by atoms with van der Waals surface area (Å²) in [4.78, 5) is 0. The zero-order valence-corrected chi connectivity index (χ0v) is 6.78. The number of ether oxygens (including phenoxy) is 2. The lowest BCUT2D eigenvalue weighted by Gasteiger charge is -2.04. The number of para-hydroxylation sites is 1. The van der Waals surface area contributed by atoms with Crippen LogP contribution in [0.2, 0.25) is 0 Å². The van der Waals surface area contributed by atoms with E-state index < -0.39 is 0 Å². The second kappa shape index (κ2) is 4.37. The molecule has 3 heteroatoms. The van der Waals surface area contributed by atoms with Crippen molar-refractivity contribution in [2.45, 2.75) is 0 Å². The first-order valence-electron chi connectivity index (χ1n) is 3.49. The maximum atomic E-state index is 8.65. The smallest absolute Gasteiger partial charge is 0.188 e. The van der Waals surface area contributed by atoms with Gasteiger partial charge in [0.2, 0.25) is 0 Å². The number of hydrogen-bond donors (Lipinski definition) is 0. The lowest BCUT2D eigenvalue weighted by atomic mass is 10.2. The maximum Gasteiger partial charge on any atom is 0.188 e. The minimum absolute atomic E-state index is 0.165. The van der Waals surface area contributed by atoms with Gasteiger partial charge in [0.1, 0.15) is 11.8 Å². The summed E-state index contributed by atoms with van der Waals surface area (Å²) < 4.78 is 9.85. The number of methoxy groups -OCH3 is 1. The minimum atomic E-state index is 0.165. The van der Waals surface area contributed by atoms with Crippen molar-refractivity contribution >= 4 is 0 Å². The lowest BCUT2D eigenvalue weighted by Crippen LogP contribution is -1.99. The quantitative estimate of drug-likeness (QED) is 0.635. The molecule has 0 radical (unpaired) electrons. The molecule has 0 aliphatic heterocycles. The predicted octanol–water partition coefficient (Wildman–Crippen LogP) is 1.54. The summed E-state index contributed by atoms with van der Waals surface area (Å²) >= 11 is 0. The van der Waals surface area contributed by atoms with Gasteiger partial charge in [-0.3, -0.25) is 0 Å². The van der Waals surface area contributed by atoms with Crippen molar-refractivity contribution in [1.82, 2.24) is 0 Å². The molecule has 3 nitrogen and oxygen atoms in total. The van der Waals surface area contributed by atoms with Gasteiger partial charge in [-0.05, 0) is 12.1 Å². The molecule has 0 aliphatic carbocycles. The van der Waals surface area contributed by atoms with Crippen LogP contribution in [0.1, 0.15) is 5.56 Å². The third kappa shape index (κ3) is 1.97. The Bertz CT molecular complexity index is 291. The van der Waals surface area contributed by atoms with Crippen LogP contribution in [0.3, 0.4) is 0 Å². The fourth-order valence-electron chi connectivity index (χ4n) is 0.807. The molecule has 0 unspecified atom stereocenters. The molecule has 0 fully saturated rings. The Kier molecular flexibility index (Phi) is 3.12. The van der Waals surface area contributed by atoms with E-state index in [9.17, 15) is 0 Å². The first-order valence-corrected chi connectivity index (χ1v) is 3.49. The van der Waals surface area contributed by atoms with Crippen LogP contribution >= 0.6 is 0 Å². The van der Waals surface area contributed by atoms with E-state index in [1.54, 1.807) is 18.2 Å². The van der Waals surface area contributed by atoms with Crippen LogP contribution in [0, 0.1) is 11.3 Å². The molecule has 0 spiro atoms. The van der Waals surface area contributed by atoms with Crippen molar-refractivity contribution in [2.24, 2.45) is 0 Å². The maximum absolute atomic E-state index is 8.65. The Morgan fingerprint density at radius 3 is 2.83 bits per heavy atom. The number of benzene rings is 1. The Morgan fingerprint density at radius 2 is 2.17 bits per heavy atom. The molecule has 0 bridgehead atoms. The predicted molar refractivity (Wildman–Crippen MR) is 43.7 cm³/mol. The number of rotatable bonds is 3. The average Bonchev–Trinajstić information content (AvgIpc) is 2.15. The molecular weight excluding hydrogens is 154 g/mol. The van der Waals surface area contributed by atoms with Crippen LogP contribution in [0.25, 0.3) is 0 Å². The molecule has 0 aliphatic rings. The molecule has 0 atom stereocenters. The van der Waals surface area contributed by atoms with E-state index in [1.165, 1.54) is 7.11 Å². The minimum Gasteiger partial charge on any atom is -0.466 e. The number of nitrogens with zero attached hydrogens (tertiary/aromatic N) is 1. The van der Waals surface area contributed by atoms with Gasteiger partial charge in [-0.1, -0.05) is 12.1 Å². The monoisotopic (exact) mass is 163 g/mol. The summed E-state index contributed by atoms with van der Waals surface area (Å²) in [5.74, 6) is 0.557. The van der Waals surface area contributed by atoms with Crippen LogP contribution < -0.4 is 4.74 Å². The molecule has 1 aromatic rings. The van der Waals surface area contributed by atoms with Crippen molar-refractivity contribution in [3.05, 3.63) is 29.8 Å². The van der Waals surface area contributed by atoms with Gasteiger partial charge in [0.25, 0.3) is 0 Å². The third-order valence-corrected chi connectivity index (χ3v) is 1.34. The van der Waals surface area contributed by atoms with E-state index in [-0.39, 0.29) is 6.79 Å². The van der Waals surface area contributed by atoms with Crippen LogP contribution in [0.5, 0.6) is 5.75 Å². The van der Waals surface area contributed by atoms with Gasteiger partial charge in [-0.15, -0.1) is 0 Å².